The lowest BCUT2D eigenvalue weighted by Crippen LogP contribution is -2.40. The first kappa shape index (κ1) is 11.9. The lowest BCUT2D eigenvalue weighted by atomic mass is 9.70. The van der Waals surface area contributed by atoms with Crippen LogP contribution in [0.2, 0.25) is 0 Å². The second kappa shape index (κ2) is 4.35. The quantitative estimate of drug-likeness (QED) is 0.791. The Hall–Kier alpha value is -1.58. The summed E-state index contributed by atoms with van der Waals surface area (Å²) in [6.45, 7) is 2.77. The van der Waals surface area contributed by atoms with Gasteiger partial charge in [-0.15, -0.1) is 0 Å². The van der Waals surface area contributed by atoms with Gasteiger partial charge in [-0.2, -0.15) is 0 Å². The Morgan fingerprint density at radius 1 is 1.53 bits per heavy atom. The molecule has 0 radical (unpaired) electrons. The van der Waals surface area contributed by atoms with E-state index in [2.05, 4.69) is 12.2 Å². The van der Waals surface area contributed by atoms with Crippen LogP contribution >= 0.6 is 0 Å². The van der Waals surface area contributed by atoms with E-state index in [0.29, 0.717) is 6.54 Å². The molecule has 3 N–H and O–H groups in total. The van der Waals surface area contributed by atoms with Gasteiger partial charge < -0.3 is 11.1 Å². The molecule has 0 heterocycles. The molecule has 1 aliphatic carbocycles. The Bertz CT molecular complexity index is 441. The molecule has 0 bridgehead atoms. The smallest absolute Gasteiger partial charge is 0.253 e. The van der Waals surface area contributed by atoms with Crippen LogP contribution in [-0.2, 0) is 0 Å². The Kier molecular flexibility index (Phi) is 3.05. The van der Waals surface area contributed by atoms with Gasteiger partial charge in [0.25, 0.3) is 5.91 Å². The van der Waals surface area contributed by atoms with E-state index in [1.165, 1.54) is 24.6 Å². The molecule has 0 unspecified atom stereocenters. The fourth-order valence-corrected chi connectivity index (χ4v) is 2.08. The first-order valence-electron chi connectivity index (χ1n) is 5.84. The van der Waals surface area contributed by atoms with Crippen LogP contribution in [0.1, 0.15) is 36.5 Å². The SMILES string of the molecule is CC1(CNC(=O)c2cccc(F)c2N)CCC1. The number of para-hydroxylation sites is 1. The lowest BCUT2D eigenvalue weighted by Gasteiger charge is -2.38. The van der Waals surface area contributed by atoms with E-state index in [1.807, 2.05) is 0 Å². The zero-order valence-corrected chi connectivity index (χ0v) is 9.92. The fraction of sp³-hybridized carbons (Fsp3) is 0.462. The highest BCUT2D eigenvalue weighted by Gasteiger charge is 2.32. The summed E-state index contributed by atoms with van der Waals surface area (Å²) in [6, 6.07) is 4.28. The predicted molar refractivity (Wildman–Crippen MR) is 65.1 cm³/mol. The summed E-state index contributed by atoms with van der Waals surface area (Å²) in [5, 5.41) is 2.82. The van der Waals surface area contributed by atoms with Crippen LogP contribution < -0.4 is 11.1 Å². The number of carbonyl (C=O) groups excluding carboxylic acids is 1. The van der Waals surface area contributed by atoms with Crippen molar-refractivity contribution in [2.24, 2.45) is 5.41 Å². The summed E-state index contributed by atoms with van der Waals surface area (Å²) >= 11 is 0. The van der Waals surface area contributed by atoms with Crippen molar-refractivity contribution in [1.29, 1.82) is 0 Å². The molecule has 0 spiro atoms. The van der Waals surface area contributed by atoms with Gasteiger partial charge in [-0.3, -0.25) is 4.79 Å². The van der Waals surface area contributed by atoms with Gasteiger partial charge in [0, 0.05) is 6.54 Å². The average molecular weight is 236 g/mol. The molecule has 1 aromatic carbocycles. The molecule has 0 aliphatic heterocycles. The average Bonchev–Trinajstić information content (AvgIpc) is 2.27. The van der Waals surface area contributed by atoms with Crippen molar-refractivity contribution in [3.8, 4) is 0 Å². The normalized spacial score (nSPS) is 17.3. The van der Waals surface area contributed by atoms with Crippen LogP contribution in [0, 0.1) is 11.2 Å². The maximum atomic E-state index is 13.2. The molecule has 0 aromatic heterocycles. The standard InChI is InChI=1S/C13H17FN2O/c1-13(6-3-7-13)8-16-12(17)9-4-2-5-10(14)11(9)15/h2,4-5H,3,6-8,15H2,1H3,(H,16,17). The Morgan fingerprint density at radius 2 is 2.24 bits per heavy atom. The monoisotopic (exact) mass is 236 g/mol. The van der Waals surface area contributed by atoms with Crippen LogP contribution in [0.15, 0.2) is 18.2 Å². The minimum Gasteiger partial charge on any atom is -0.396 e. The first-order valence-corrected chi connectivity index (χ1v) is 5.84. The highest BCUT2D eigenvalue weighted by molar-refractivity contribution is 5.99. The third-order valence-electron chi connectivity index (χ3n) is 3.53. The van der Waals surface area contributed by atoms with Crippen molar-refractivity contribution >= 4 is 11.6 Å². The van der Waals surface area contributed by atoms with E-state index in [1.54, 1.807) is 0 Å². The summed E-state index contributed by atoms with van der Waals surface area (Å²) < 4.78 is 13.2. The number of carbonyl (C=O) groups is 1. The molecule has 3 nitrogen and oxygen atoms in total. The van der Waals surface area contributed by atoms with Gasteiger partial charge in [-0.05, 0) is 30.4 Å². The highest BCUT2D eigenvalue weighted by Crippen LogP contribution is 2.39. The van der Waals surface area contributed by atoms with Gasteiger partial charge in [-0.25, -0.2) is 4.39 Å². The van der Waals surface area contributed by atoms with E-state index in [0.717, 1.165) is 12.8 Å². The number of anilines is 1. The summed E-state index contributed by atoms with van der Waals surface area (Å²) in [4.78, 5) is 11.8. The van der Waals surface area contributed by atoms with Crippen molar-refractivity contribution in [2.75, 3.05) is 12.3 Å². The zero-order chi connectivity index (χ0) is 12.5. The van der Waals surface area contributed by atoms with E-state index < -0.39 is 5.82 Å². The van der Waals surface area contributed by atoms with Gasteiger partial charge in [0.1, 0.15) is 5.82 Å². The van der Waals surface area contributed by atoms with E-state index in [-0.39, 0.29) is 22.6 Å². The minimum atomic E-state index is -0.549. The molecule has 92 valence electrons. The van der Waals surface area contributed by atoms with E-state index >= 15 is 0 Å². The van der Waals surface area contributed by atoms with Gasteiger partial charge in [-0.1, -0.05) is 19.4 Å². The van der Waals surface area contributed by atoms with Crippen molar-refractivity contribution in [2.45, 2.75) is 26.2 Å². The molecule has 1 aromatic rings. The van der Waals surface area contributed by atoms with E-state index in [9.17, 15) is 9.18 Å². The molecule has 1 fully saturated rings. The Labute approximate surface area is 100 Å². The number of nitrogens with two attached hydrogens (primary N) is 1. The van der Waals surface area contributed by atoms with E-state index in [4.69, 9.17) is 5.73 Å². The molecule has 17 heavy (non-hydrogen) atoms. The van der Waals surface area contributed by atoms with Crippen LogP contribution in [0.25, 0.3) is 0 Å². The third kappa shape index (κ3) is 2.40. The number of halogens is 1. The Balaban J connectivity index is 2.02. The number of benzene rings is 1. The second-order valence-corrected chi connectivity index (χ2v) is 5.05. The summed E-state index contributed by atoms with van der Waals surface area (Å²) in [5.41, 5.74) is 5.88. The molecule has 0 saturated heterocycles. The molecular weight excluding hydrogens is 219 g/mol. The molecule has 1 saturated carbocycles. The molecule has 1 aliphatic rings. The number of rotatable bonds is 3. The second-order valence-electron chi connectivity index (χ2n) is 5.05. The summed E-state index contributed by atoms with van der Waals surface area (Å²) in [7, 11) is 0. The number of amides is 1. The Morgan fingerprint density at radius 3 is 2.82 bits per heavy atom. The molecule has 2 rings (SSSR count). The predicted octanol–water partition coefficient (Wildman–Crippen LogP) is 2.33. The maximum absolute atomic E-state index is 13.2. The number of nitrogen functional groups attached to an aromatic ring is 1. The van der Waals surface area contributed by atoms with Crippen molar-refractivity contribution in [1.82, 2.24) is 5.32 Å². The summed E-state index contributed by atoms with van der Waals surface area (Å²) in [6.07, 6.45) is 3.48. The topological polar surface area (TPSA) is 55.1 Å². The fourth-order valence-electron chi connectivity index (χ4n) is 2.08. The molecule has 1 amide bonds. The van der Waals surface area contributed by atoms with Crippen molar-refractivity contribution < 1.29 is 9.18 Å². The van der Waals surface area contributed by atoms with Crippen LogP contribution in [-0.4, -0.2) is 12.5 Å². The molecule has 4 heteroatoms. The zero-order valence-electron chi connectivity index (χ0n) is 9.92. The van der Waals surface area contributed by atoms with Gasteiger partial charge >= 0.3 is 0 Å². The van der Waals surface area contributed by atoms with Crippen LogP contribution in [0.5, 0.6) is 0 Å². The largest absolute Gasteiger partial charge is 0.396 e. The first-order chi connectivity index (χ1) is 8.02. The molecule has 0 atom stereocenters. The van der Waals surface area contributed by atoms with Crippen LogP contribution in [0.3, 0.4) is 0 Å². The lowest BCUT2D eigenvalue weighted by molar-refractivity contribution is 0.0891. The summed E-state index contributed by atoms with van der Waals surface area (Å²) in [5.74, 6) is -0.845. The minimum absolute atomic E-state index is 0.0798. The maximum Gasteiger partial charge on any atom is 0.253 e. The van der Waals surface area contributed by atoms with Gasteiger partial charge in [0.05, 0.1) is 11.3 Å². The van der Waals surface area contributed by atoms with Gasteiger partial charge in [0.15, 0.2) is 0 Å². The number of nitrogens with one attached hydrogen (secondary N) is 1. The number of hydrogen-bond acceptors (Lipinski definition) is 2. The molecular formula is C13H17FN2O. The highest BCUT2D eigenvalue weighted by atomic mass is 19.1. The van der Waals surface area contributed by atoms with Crippen molar-refractivity contribution in [3.63, 3.8) is 0 Å². The number of hydrogen-bond donors (Lipinski definition) is 2. The third-order valence-corrected chi connectivity index (χ3v) is 3.53. The van der Waals surface area contributed by atoms with Crippen LogP contribution in [0.4, 0.5) is 10.1 Å². The van der Waals surface area contributed by atoms with Gasteiger partial charge in [0.2, 0.25) is 0 Å². The van der Waals surface area contributed by atoms with Crippen molar-refractivity contribution in [3.05, 3.63) is 29.6 Å².